The van der Waals surface area contributed by atoms with E-state index in [-0.39, 0.29) is 17.9 Å². The van der Waals surface area contributed by atoms with Crippen LogP contribution in [0.4, 0.5) is 0 Å². The molecular weight excluding hydrogens is 354 g/mol. The Morgan fingerprint density at radius 1 is 1.07 bits per heavy atom. The van der Waals surface area contributed by atoms with Crippen LogP contribution in [0, 0.1) is 18.3 Å². The van der Waals surface area contributed by atoms with E-state index in [1.165, 1.54) is 5.56 Å². The Hall–Kier alpha value is -2.66. The van der Waals surface area contributed by atoms with Crippen LogP contribution in [0.5, 0.6) is 0 Å². The molecule has 5 nitrogen and oxygen atoms in total. The van der Waals surface area contributed by atoms with Crippen LogP contribution in [-0.2, 0) is 9.53 Å². The minimum Gasteiger partial charge on any atom is -0.481 e. The van der Waals surface area contributed by atoms with E-state index in [1.54, 1.807) is 4.90 Å². The van der Waals surface area contributed by atoms with Crippen molar-refractivity contribution < 1.29 is 19.4 Å². The zero-order chi connectivity index (χ0) is 19.7. The van der Waals surface area contributed by atoms with E-state index >= 15 is 0 Å². The molecule has 0 aromatic heterocycles. The van der Waals surface area contributed by atoms with E-state index in [9.17, 15) is 14.7 Å². The summed E-state index contributed by atoms with van der Waals surface area (Å²) in [6.45, 7) is 3.96. The molecule has 0 bridgehead atoms. The monoisotopic (exact) mass is 379 g/mol. The normalized spacial score (nSPS) is 21.0. The molecule has 2 saturated heterocycles. The van der Waals surface area contributed by atoms with Gasteiger partial charge in [0.2, 0.25) is 0 Å². The molecule has 0 aliphatic carbocycles. The number of aliphatic carboxylic acids is 1. The van der Waals surface area contributed by atoms with Crippen LogP contribution < -0.4 is 0 Å². The number of nitrogens with zero attached hydrogens (tertiary/aromatic N) is 1. The topological polar surface area (TPSA) is 66.8 Å². The number of carbonyl (C=O) groups excluding carboxylic acids is 1. The Bertz CT molecular complexity index is 884. The number of likely N-dealkylation sites (tertiary alicyclic amines) is 1. The number of carbonyl (C=O) groups is 2. The second kappa shape index (κ2) is 7.40. The van der Waals surface area contributed by atoms with Gasteiger partial charge in [-0.3, -0.25) is 9.59 Å². The summed E-state index contributed by atoms with van der Waals surface area (Å²) in [4.78, 5) is 26.6. The Morgan fingerprint density at radius 2 is 1.75 bits per heavy atom. The smallest absolute Gasteiger partial charge is 0.308 e. The van der Waals surface area contributed by atoms with Crippen molar-refractivity contribution in [1.29, 1.82) is 0 Å². The van der Waals surface area contributed by atoms with E-state index in [1.807, 2.05) is 36.4 Å². The first-order chi connectivity index (χ1) is 13.5. The minimum atomic E-state index is -0.813. The first-order valence-electron chi connectivity index (χ1n) is 9.76. The molecule has 2 aliphatic heterocycles. The van der Waals surface area contributed by atoms with Crippen molar-refractivity contribution >= 4 is 11.9 Å². The molecule has 2 fully saturated rings. The summed E-state index contributed by atoms with van der Waals surface area (Å²) in [5.41, 5.74) is 3.65. The predicted octanol–water partition coefficient (Wildman–Crippen LogP) is 3.62. The first-order valence-corrected chi connectivity index (χ1v) is 9.76. The molecule has 1 atom stereocenters. The van der Waals surface area contributed by atoms with Crippen LogP contribution in [-0.4, -0.2) is 48.2 Å². The lowest BCUT2D eigenvalue weighted by atomic mass is 9.72. The molecule has 28 heavy (non-hydrogen) atoms. The molecule has 146 valence electrons. The van der Waals surface area contributed by atoms with Crippen molar-refractivity contribution in [2.75, 3.05) is 26.3 Å². The van der Waals surface area contributed by atoms with Crippen molar-refractivity contribution in [3.63, 3.8) is 0 Å². The molecule has 2 heterocycles. The summed E-state index contributed by atoms with van der Waals surface area (Å²) < 4.78 is 5.43. The number of ether oxygens (including phenoxy) is 1. The number of carboxylic acid groups (broad SMARTS) is 1. The summed E-state index contributed by atoms with van der Waals surface area (Å²) in [6.07, 6.45) is 1.39. The molecular formula is C23H25NO4. The van der Waals surface area contributed by atoms with Crippen LogP contribution in [0.1, 0.15) is 28.8 Å². The second-order valence-corrected chi connectivity index (χ2v) is 7.94. The Balaban J connectivity index is 1.55. The zero-order valence-corrected chi connectivity index (χ0v) is 16.1. The van der Waals surface area contributed by atoms with Crippen LogP contribution in [0.15, 0.2) is 48.5 Å². The van der Waals surface area contributed by atoms with Gasteiger partial charge in [-0.05, 0) is 48.6 Å². The lowest BCUT2D eigenvalue weighted by molar-refractivity contribution is -0.146. The van der Waals surface area contributed by atoms with Gasteiger partial charge in [0.05, 0.1) is 5.92 Å². The van der Waals surface area contributed by atoms with Crippen LogP contribution in [0.2, 0.25) is 0 Å². The number of carboxylic acids is 1. The van der Waals surface area contributed by atoms with Gasteiger partial charge in [-0.15, -0.1) is 0 Å². The van der Waals surface area contributed by atoms with Crippen LogP contribution in [0.25, 0.3) is 11.1 Å². The van der Waals surface area contributed by atoms with Gasteiger partial charge in [0.1, 0.15) is 0 Å². The number of hydrogen-bond acceptors (Lipinski definition) is 3. The van der Waals surface area contributed by atoms with Crippen molar-refractivity contribution in [3.05, 3.63) is 59.7 Å². The Morgan fingerprint density at radius 3 is 2.39 bits per heavy atom. The Kier molecular flexibility index (Phi) is 4.94. The highest BCUT2D eigenvalue weighted by Crippen LogP contribution is 2.44. The molecule has 0 saturated carbocycles. The quantitative estimate of drug-likeness (QED) is 0.885. The third-order valence-corrected chi connectivity index (χ3v) is 6.31. The Labute approximate surface area is 164 Å². The van der Waals surface area contributed by atoms with Crippen molar-refractivity contribution in [1.82, 2.24) is 4.90 Å². The number of aryl methyl sites for hydroxylation is 1. The maximum atomic E-state index is 13.1. The standard InChI is InChI=1S/C23H25NO4/c1-16-4-2-3-5-19(16)17-6-8-18(9-7-17)21(25)24-14-20(22(26)27)23(15-24)10-12-28-13-11-23/h2-9,20H,10-15H2,1H3,(H,26,27). The molecule has 2 aliphatic rings. The third kappa shape index (κ3) is 3.31. The molecule has 1 unspecified atom stereocenters. The zero-order valence-electron chi connectivity index (χ0n) is 16.1. The van der Waals surface area contributed by atoms with E-state index in [0.717, 1.165) is 11.1 Å². The average molecular weight is 379 g/mol. The maximum Gasteiger partial charge on any atom is 0.308 e. The van der Waals surface area contributed by atoms with E-state index in [4.69, 9.17) is 4.74 Å². The van der Waals surface area contributed by atoms with Gasteiger partial charge in [0.25, 0.3) is 5.91 Å². The van der Waals surface area contributed by atoms with Crippen molar-refractivity contribution in [3.8, 4) is 11.1 Å². The largest absolute Gasteiger partial charge is 0.481 e. The summed E-state index contributed by atoms with van der Waals surface area (Å²) in [5.74, 6) is -1.43. The molecule has 1 spiro atoms. The van der Waals surface area contributed by atoms with Gasteiger partial charge in [0, 0.05) is 37.3 Å². The second-order valence-electron chi connectivity index (χ2n) is 7.94. The van der Waals surface area contributed by atoms with Gasteiger partial charge >= 0.3 is 5.97 Å². The van der Waals surface area contributed by atoms with Crippen LogP contribution >= 0.6 is 0 Å². The molecule has 2 aromatic rings. The highest BCUT2D eigenvalue weighted by atomic mass is 16.5. The first kappa shape index (κ1) is 18.7. The van der Waals surface area contributed by atoms with Crippen LogP contribution in [0.3, 0.4) is 0 Å². The summed E-state index contributed by atoms with van der Waals surface area (Å²) in [7, 11) is 0. The van der Waals surface area contributed by atoms with Gasteiger partial charge < -0.3 is 14.7 Å². The SMILES string of the molecule is Cc1ccccc1-c1ccc(C(=O)N2CC(C(=O)O)C3(CCOCC3)C2)cc1. The number of rotatable bonds is 3. The fourth-order valence-electron chi connectivity index (χ4n) is 4.62. The molecule has 1 N–H and O–H groups in total. The number of hydrogen-bond donors (Lipinski definition) is 1. The highest BCUT2D eigenvalue weighted by Gasteiger charge is 2.52. The predicted molar refractivity (Wildman–Crippen MR) is 106 cm³/mol. The molecule has 4 rings (SSSR count). The lowest BCUT2D eigenvalue weighted by Crippen LogP contribution is -2.40. The fraction of sp³-hybridized carbons (Fsp3) is 0.391. The molecule has 0 radical (unpaired) electrons. The van der Waals surface area contributed by atoms with E-state index in [0.29, 0.717) is 38.2 Å². The molecule has 1 amide bonds. The fourth-order valence-corrected chi connectivity index (χ4v) is 4.62. The number of benzene rings is 2. The number of amides is 1. The maximum absolute atomic E-state index is 13.1. The molecule has 5 heteroatoms. The van der Waals surface area contributed by atoms with Gasteiger partial charge in [-0.25, -0.2) is 0 Å². The highest BCUT2D eigenvalue weighted by molar-refractivity contribution is 5.95. The third-order valence-electron chi connectivity index (χ3n) is 6.31. The lowest BCUT2D eigenvalue weighted by Gasteiger charge is -2.36. The van der Waals surface area contributed by atoms with Gasteiger partial charge in [-0.2, -0.15) is 0 Å². The minimum absolute atomic E-state index is 0.0917. The van der Waals surface area contributed by atoms with Crippen molar-refractivity contribution in [2.45, 2.75) is 19.8 Å². The summed E-state index contributed by atoms with van der Waals surface area (Å²) in [6, 6.07) is 15.8. The molecule has 2 aromatic carbocycles. The van der Waals surface area contributed by atoms with Crippen molar-refractivity contribution in [2.24, 2.45) is 11.3 Å². The summed E-state index contributed by atoms with van der Waals surface area (Å²) >= 11 is 0. The van der Waals surface area contributed by atoms with E-state index in [2.05, 4.69) is 19.1 Å². The average Bonchev–Trinajstić information content (AvgIpc) is 3.07. The summed E-state index contributed by atoms with van der Waals surface area (Å²) in [5, 5.41) is 9.71. The van der Waals surface area contributed by atoms with Gasteiger partial charge in [0.15, 0.2) is 0 Å². The van der Waals surface area contributed by atoms with Gasteiger partial charge in [-0.1, -0.05) is 36.4 Å². The van der Waals surface area contributed by atoms with E-state index < -0.39 is 11.9 Å².